The second kappa shape index (κ2) is 5.40. The van der Waals surface area contributed by atoms with Gasteiger partial charge in [-0.05, 0) is 23.8 Å². The van der Waals surface area contributed by atoms with Crippen LogP contribution in [0.15, 0.2) is 36.5 Å². The highest BCUT2D eigenvalue weighted by Gasteiger charge is 2.34. The third-order valence-corrected chi connectivity index (χ3v) is 2.83. The van der Waals surface area contributed by atoms with E-state index in [0.29, 0.717) is 16.9 Å². The first kappa shape index (κ1) is 14.2. The quantitative estimate of drug-likeness (QED) is 0.929. The molecule has 0 aliphatic heterocycles. The Bertz CT molecular complexity index is 612. The van der Waals surface area contributed by atoms with E-state index in [1.165, 1.54) is 20.4 Å². The number of benzene rings is 1. The Morgan fingerprint density at radius 2 is 1.90 bits per heavy atom. The first-order chi connectivity index (χ1) is 9.45. The minimum absolute atomic E-state index is 0.191. The lowest BCUT2D eigenvalue weighted by Crippen LogP contribution is -2.10. The van der Waals surface area contributed by atoms with Gasteiger partial charge < -0.3 is 10.1 Å². The fraction of sp³-hybridized carbons (Fsp3) is 0.214. The van der Waals surface area contributed by atoms with E-state index in [1.54, 1.807) is 24.3 Å². The average molecular weight is 282 g/mol. The molecule has 2 rings (SSSR count). The van der Waals surface area contributed by atoms with Crippen LogP contribution in [0.5, 0.6) is 5.75 Å². The summed E-state index contributed by atoms with van der Waals surface area (Å²) in [5.74, 6) is 0.387. The maximum atomic E-state index is 13.0. The molecular formula is C14H13F3N2O. The van der Waals surface area contributed by atoms with Crippen molar-refractivity contribution in [3.05, 3.63) is 42.1 Å². The molecule has 1 aromatic carbocycles. The molecule has 3 nitrogen and oxygen atoms in total. The zero-order valence-electron chi connectivity index (χ0n) is 11.0. The van der Waals surface area contributed by atoms with Gasteiger partial charge in [0.25, 0.3) is 0 Å². The summed E-state index contributed by atoms with van der Waals surface area (Å²) in [5, 5.41) is 2.45. The van der Waals surface area contributed by atoms with Crippen LogP contribution in [0.4, 0.5) is 19.0 Å². The lowest BCUT2D eigenvalue weighted by Gasteiger charge is -2.13. The van der Waals surface area contributed by atoms with Gasteiger partial charge in [-0.1, -0.05) is 12.1 Å². The zero-order chi connectivity index (χ0) is 14.8. The van der Waals surface area contributed by atoms with Crippen LogP contribution >= 0.6 is 0 Å². The van der Waals surface area contributed by atoms with E-state index in [9.17, 15) is 13.2 Å². The van der Waals surface area contributed by atoms with E-state index in [-0.39, 0.29) is 5.82 Å². The zero-order valence-corrected chi connectivity index (χ0v) is 11.0. The Labute approximate surface area is 114 Å². The number of aromatic nitrogens is 1. The molecule has 1 heterocycles. The topological polar surface area (TPSA) is 34.2 Å². The van der Waals surface area contributed by atoms with E-state index in [2.05, 4.69) is 10.3 Å². The molecule has 1 N–H and O–H groups in total. The highest BCUT2D eigenvalue weighted by atomic mass is 19.4. The van der Waals surface area contributed by atoms with Crippen LogP contribution in [0.3, 0.4) is 0 Å². The van der Waals surface area contributed by atoms with Gasteiger partial charge in [0, 0.05) is 18.8 Å². The van der Waals surface area contributed by atoms with Gasteiger partial charge in [-0.2, -0.15) is 13.2 Å². The predicted molar refractivity (Wildman–Crippen MR) is 70.8 cm³/mol. The standard InChI is InChI=1S/C14H13F3N2O/c1-18-13-12(14(15,16)17)7-10(8-19-13)9-4-3-5-11(6-9)20-2/h3-8H,1-2H3,(H,18,19). The number of halogens is 3. The number of rotatable bonds is 3. The summed E-state index contributed by atoms with van der Waals surface area (Å²) in [6.07, 6.45) is -3.06. The molecule has 0 aliphatic rings. The largest absolute Gasteiger partial charge is 0.497 e. The first-order valence-corrected chi connectivity index (χ1v) is 5.85. The third-order valence-electron chi connectivity index (χ3n) is 2.83. The van der Waals surface area contributed by atoms with Crippen molar-refractivity contribution in [2.45, 2.75) is 6.18 Å². The second-order valence-electron chi connectivity index (χ2n) is 4.10. The Morgan fingerprint density at radius 1 is 1.15 bits per heavy atom. The normalized spacial score (nSPS) is 11.2. The van der Waals surface area contributed by atoms with Crippen LogP contribution in [-0.4, -0.2) is 19.1 Å². The monoisotopic (exact) mass is 282 g/mol. The Morgan fingerprint density at radius 3 is 2.50 bits per heavy atom. The van der Waals surface area contributed by atoms with E-state index in [1.807, 2.05) is 0 Å². The summed E-state index contributed by atoms with van der Waals surface area (Å²) in [6.45, 7) is 0. The fourth-order valence-electron chi connectivity index (χ4n) is 1.84. The van der Waals surface area contributed by atoms with Gasteiger partial charge in [-0.3, -0.25) is 0 Å². The highest BCUT2D eigenvalue weighted by molar-refractivity contribution is 5.67. The van der Waals surface area contributed by atoms with Gasteiger partial charge in [0.2, 0.25) is 0 Å². The molecule has 6 heteroatoms. The van der Waals surface area contributed by atoms with E-state index >= 15 is 0 Å². The van der Waals surface area contributed by atoms with E-state index < -0.39 is 11.7 Å². The summed E-state index contributed by atoms with van der Waals surface area (Å²) in [7, 11) is 2.91. The van der Waals surface area contributed by atoms with E-state index in [0.717, 1.165) is 6.07 Å². The highest BCUT2D eigenvalue weighted by Crippen LogP contribution is 2.36. The minimum atomic E-state index is -4.46. The molecule has 0 spiro atoms. The molecule has 0 atom stereocenters. The second-order valence-corrected chi connectivity index (χ2v) is 4.10. The Hall–Kier alpha value is -2.24. The summed E-state index contributed by atoms with van der Waals surface area (Å²) in [4.78, 5) is 3.82. The third kappa shape index (κ3) is 2.84. The van der Waals surface area contributed by atoms with Crippen molar-refractivity contribution in [3.8, 4) is 16.9 Å². The molecule has 0 unspecified atom stereocenters. The molecule has 0 fully saturated rings. The van der Waals surface area contributed by atoms with Crippen LogP contribution in [0.1, 0.15) is 5.56 Å². The molecule has 0 saturated heterocycles. The van der Waals surface area contributed by atoms with Crippen molar-refractivity contribution < 1.29 is 17.9 Å². The van der Waals surface area contributed by atoms with Gasteiger partial charge in [0.15, 0.2) is 0 Å². The van der Waals surface area contributed by atoms with E-state index in [4.69, 9.17) is 4.74 Å². The Kier molecular flexibility index (Phi) is 3.83. The number of pyridine rings is 1. The SMILES string of the molecule is CNc1ncc(-c2cccc(OC)c2)cc1C(F)(F)F. The van der Waals surface area contributed by atoms with Crippen molar-refractivity contribution in [1.29, 1.82) is 0 Å². The maximum Gasteiger partial charge on any atom is 0.419 e. The van der Waals surface area contributed by atoms with Crippen LogP contribution in [0.25, 0.3) is 11.1 Å². The Balaban J connectivity index is 2.53. The van der Waals surface area contributed by atoms with Gasteiger partial charge in [0.1, 0.15) is 11.6 Å². The molecule has 0 amide bonds. The number of ether oxygens (including phenoxy) is 1. The molecule has 20 heavy (non-hydrogen) atoms. The van der Waals surface area contributed by atoms with Gasteiger partial charge in [-0.25, -0.2) is 4.98 Å². The van der Waals surface area contributed by atoms with Gasteiger partial charge in [-0.15, -0.1) is 0 Å². The molecule has 0 saturated carbocycles. The number of methoxy groups -OCH3 is 1. The number of alkyl halides is 3. The molecule has 0 bridgehead atoms. The number of hydrogen-bond donors (Lipinski definition) is 1. The van der Waals surface area contributed by atoms with Gasteiger partial charge in [0.05, 0.1) is 12.7 Å². The molecule has 1 aromatic heterocycles. The van der Waals surface area contributed by atoms with Gasteiger partial charge >= 0.3 is 6.18 Å². The number of nitrogens with zero attached hydrogens (tertiary/aromatic N) is 1. The molecule has 106 valence electrons. The van der Waals surface area contributed by atoms with Crippen molar-refractivity contribution >= 4 is 5.82 Å². The number of anilines is 1. The first-order valence-electron chi connectivity index (χ1n) is 5.85. The summed E-state index contributed by atoms with van der Waals surface area (Å²) in [6, 6.07) is 7.89. The van der Waals surface area contributed by atoms with Crippen LogP contribution in [-0.2, 0) is 6.18 Å². The lowest BCUT2D eigenvalue weighted by atomic mass is 10.0. The van der Waals surface area contributed by atoms with Crippen molar-refractivity contribution in [1.82, 2.24) is 4.98 Å². The van der Waals surface area contributed by atoms with Crippen molar-refractivity contribution in [2.75, 3.05) is 19.5 Å². The molecular weight excluding hydrogens is 269 g/mol. The summed E-state index contributed by atoms with van der Waals surface area (Å²) in [5.41, 5.74) is 0.209. The van der Waals surface area contributed by atoms with Crippen molar-refractivity contribution in [2.24, 2.45) is 0 Å². The smallest absolute Gasteiger partial charge is 0.419 e. The number of hydrogen-bond acceptors (Lipinski definition) is 3. The molecule has 2 aromatic rings. The lowest BCUT2D eigenvalue weighted by molar-refractivity contribution is -0.137. The summed E-state index contributed by atoms with van der Waals surface area (Å²) >= 11 is 0. The predicted octanol–water partition coefficient (Wildman–Crippen LogP) is 3.82. The minimum Gasteiger partial charge on any atom is -0.497 e. The van der Waals surface area contributed by atoms with Crippen LogP contribution in [0, 0.1) is 0 Å². The van der Waals surface area contributed by atoms with Crippen molar-refractivity contribution in [3.63, 3.8) is 0 Å². The molecule has 0 aliphatic carbocycles. The molecule has 0 radical (unpaired) electrons. The maximum absolute atomic E-state index is 13.0. The number of nitrogens with one attached hydrogen (secondary N) is 1. The average Bonchev–Trinajstić information content (AvgIpc) is 2.45. The summed E-state index contributed by atoms with van der Waals surface area (Å²) < 4.78 is 44.0. The fourth-order valence-corrected chi connectivity index (χ4v) is 1.84. The van der Waals surface area contributed by atoms with Crippen LogP contribution < -0.4 is 10.1 Å². The van der Waals surface area contributed by atoms with Crippen LogP contribution in [0.2, 0.25) is 0 Å².